The maximum Gasteiger partial charge on any atom is 0.257 e. The average molecular weight is 450 g/mol. The third-order valence-corrected chi connectivity index (χ3v) is 7.70. The number of aromatic nitrogens is 1. The van der Waals surface area contributed by atoms with E-state index in [9.17, 15) is 9.59 Å². The van der Waals surface area contributed by atoms with Gasteiger partial charge >= 0.3 is 0 Å². The summed E-state index contributed by atoms with van der Waals surface area (Å²) >= 11 is 1.76. The van der Waals surface area contributed by atoms with E-state index < -0.39 is 0 Å². The number of amides is 2. The number of carbonyl (C=O) groups is 2. The van der Waals surface area contributed by atoms with E-state index in [1.165, 1.54) is 16.9 Å². The van der Waals surface area contributed by atoms with Crippen LogP contribution >= 0.6 is 11.3 Å². The molecule has 3 aromatic rings. The molecule has 2 amide bonds. The van der Waals surface area contributed by atoms with Crippen molar-refractivity contribution in [2.24, 2.45) is 0 Å². The maximum absolute atomic E-state index is 13.7. The van der Waals surface area contributed by atoms with Gasteiger partial charge in [0.15, 0.2) is 0 Å². The van der Waals surface area contributed by atoms with Crippen molar-refractivity contribution in [3.8, 4) is 10.8 Å². The fraction of sp³-hybridized carbons (Fsp3) is 0.360. The molecule has 1 saturated heterocycles. The van der Waals surface area contributed by atoms with Crippen LogP contribution in [-0.4, -0.2) is 59.5 Å². The number of hydrogen-bond acceptors (Lipinski definition) is 4. The second-order valence-corrected chi connectivity index (χ2v) is 9.38. The van der Waals surface area contributed by atoms with E-state index in [4.69, 9.17) is 4.74 Å². The molecule has 6 nitrogen and oxygen atoms in total. The Kier molecular flexibility index (Phi) is 5.74. The maximum atomic E-state index is 13.7. The van der Waals surface area contributed by atoms with E-state index in [0.29, 0.717) is 31.7 Å². The number of thiophene rings is 1. The quantitative estimate of drug-likeness (QED) is 0.605. The first-order chi connectivity index (χ1) is 15.7. The van der Waals surface area contributed by atoms with Crippen molar-refractivity contribution < 1.29 is 14.3 Å². The number of methoxy groups -OCH3 is 1. The van der Waals surface area contributed by atoms with Crippen LogP contribution in [0.1, 0.15) is 44.0 Å². The Morgan fingerprint density at radius 1 is 0.875 bits per heavy atom. The minimum Gasteiger partial charge on any atom is -0.497 e. The monoisotopic (exact) mass is 449 g/mol. The van der Waals surface area contributed by atoms with E-state index in [2.05, 4.69) is 4.57 Å². The zero-order chi connectivity index (χ0) is 22.1. The lowest BCUT2D eigenvalue weighted by atomic mass is 9.95. The van der Waals surface area contributed by atoms with Crippen LogP contribution in [0.2, 0.25) is 0 Å². The summed E-state index contributed by atoms with van der Waals surface area (Å²) in [7, 11) is 1.61. The molecule has 1 aliphatic heterocycles. The van der Waals surface area contributed by atoms with Crippen LogP contribution < -0.4 is 4.74 Å². The standard InChI is InChI=1S/C25H27N3O3S/c1-31-19-10-8-18(9-11-19)23(29)26-14-16-27(17-15-26)24(30)22-20-6-2-3-7-21(20)32-25(22)28-12-4-5-13-28/h4-5,8-13H,2-3,6-7,14-17H2,1H3. The van der Waals surface area contributed by atoms with Gasteiger partial charge in [0.25, 0.3) is 11.8 Å². The van der Waals surface area contributed by atoms with Gasteiger partial charge in [0, 0.05) is 49.0 Å². The number of aryl methyl sites for hydroxylation is 1. The summed E-state index contributed by atoms with van der Waals surface area (Å²) in [5.74, 6) is 0.833. The number of rotatable bonds is 4. The summed E-state index contributed by atoms with van der Waals surface area (Å²) < 4.78 is 7.25. The lowest BCUT2D eigenvalue weighted by Crippen LogP contribution is -2.50. The lowest BCUT2D eigenvalue weighted by Gasteiger charge is -2.35. The molecule has 0 radical (unpaired) electrons. The van der Waals surface area contributed by atoms with Gasteiger partial charge in [0.05, 0.1) is 12.7 Å². The number of ether oxygens (including phenoxy) is 1. The molecule has 3 heterocycles. The Bertz CT molecular complexity index is 1110. The van der Waals surface area contributed by atoms with Gasteiger partial charge in [0.2, 0.25) is 0 Å². The number of hydrogen-bond donors (Lipinski definition) is 0. The van der Waals surface area contributed by atoms with Crippen LogP contribution in [0, 0.1) is 0 Å². The van der Waals surface area contributed by atoms with E-state index >= 15 is 0 Å². The molecule has 32 heavy (non-hydrogen) atoms. The second-order valence-electron chi connectivity index (χ2n) is 8.29. The third-order valence-electron chi connectivity index (χ3n) is 6.40. The molecule has 2 aromatic heterocycles. The predicted octanol–water partition coefficient (Wildman–Crippen LogP) is 4.02. The summed E-state index contributed by atoms with van der Waals surface area (Å²) in [6.07, 6.45) is 8.40. The molecule has 1 fully saturated rings. The predicted molar refractivity (Wildman–Crippen MR) is 125 cm³/mol. The van der Waals surface area contributed by atoms with Crippen molar-refractivity contribution in [3.05, 3.63) is 70.4 Å². The Hall–Kier alpha value is -3.06. The Morgan fingerprint density at radius 2 is 1.50 bits per heavy atom. The molecule has 2 aliphatic rings. The Morgan fingerprint density at radius 3 is 2.16 bits per heavy atom. The van der Waals surface area contributed by atoms with Gasteiger partial charge < -0.3 is 19.1 Å². The van der Waals surface area contributed by atoms with Gasteiger partial charge in [0.1, 0.15) is 10.8 Å². The van der Waals surface area contributed by atoms with Gasteiger partial charge in [-0.15, -0.1) is 11.3 Å². The van der Waals surface area contributed by atoms with Crippen molar-refractivity contribution in [3.63, 3.8) is 0 Å². The minimum atomic E-state index is 0.000643. The topological polar surface area (TPSA) is 54.8 Å². The summed E-state index contributed by atoms with van der Waals surface area (Å²) in [4.78, 5) is 31.7. The van der Waals surface area contributed by atoms with E-state index in [1.54, 1.807) is 42.7 Å². The second kappa shape index (κ2) is 8.82. The number of benzene rings is 1. The third kappa shape index (κ3) is 3.81. The molecule has 1 aliphatic carbocycles. The average Bonchev–Trinajstić information content (AvgIpc) is 3.51. The summed E-state index contributed by atoms with van der Waals surface area (Å²) in [6, 6.07) is 11.2. The van der Waals surface area contributed by atoms with Crippen molar-refractivity contribution in [2.45, 2.75) is 25.7 Å². The first kappa shape index (κ1) is 20.8. The number of piperazine rings is 1. The SMILES string of the molecule is COc1ccc(C(=O)N2CCN(C(=O)c3c(-n4cccc4)sc4c3CCCC4)CC2)cc1. The van der Waals surface area contributed by atoms with E-state index in [-0.39, 0.29) is 11.8 Å². The summed E-state index contributed by atoms with van der Waals surface area (Å²) in [6.45, 7) is 2.19. The van der Waals surface area contributed by atoms with Crippen molar-refractivity contribution in [1.29, 1.82) is 0 Å². The Labute approximate surface area is 192 Å². The van der Waals surface area contributed by atoms with Crippen LogP contribution in [0.3, 0.4) is 0 Å². The molecular formula is C25H27N3O3S. The highest BCUT2D eigenvalue weighted by Gasteiger charge is 2.31. The molecule has 5 rings (SSSR count). The molecular weight excluding hydrogens is 422 g/mol. The van der Waals surface area contributed by atoms with E-state index in [0.717, 1.165) is 35.6 Å². The van der Waals surface area contributed by atoms with Crippen LogP contribution in [0.4, 0.5) is 0 Å². The number of carbonyl (C=O) groups excluding carboxylic acids is 2. The van der Waals surface area contributed by atoms with Gasteiger partial charge in [-0.25, -0.2) is 0 Å². The molecule has 0 spiro atoms. The lowest BCUT2D eigenvalue weighted by molar-refractivity contribution is 0.0535. The summed E-state index contributed by atoms with van der Waals surface area (Å²) in [5, 5.41) is 1.03. The van der Waals surface area contributed by atoms with Crippen molar-refractivity contribution in [2.75, 3.05) is 33.3 Å². The molecule has 166 valence electrons. The van der Waals surface area contributed by atoms with Gasteiger partial charge in [-0.2, -0.15) is 0 Å². The smallest absolute Gasteiger partial charge is 0.257 e. The van der Waals surface area contributed by atoms with Crippen molar-refractivity contribution in [1.82, 2.24) is 14.4 Å². The number of nitrogens with zero attached hydrogens (tertiary/aromatic N) is 3. The zero-order valence-electron chi connectivity index (χ0n) is 18.3. The summed E-state index contributed by atoms with van der Waals surface area (Å²) in [5.41, 5.74) is 2.76. The highest BCUT2D eigenvalue weighted by atomic mass is 32.1. The van der Waals surface area contributed by atoms with Crippen LogP contribution in [0.5, 0.6) is 5.75 Å². The van der Waals surface area contributed by atoms with Crippen LogP contribution in [0.25, 0.3) is 5.00 Å². The molecule has 0 atom stereocenters. The van der Waals surface area contributed by atoms with Crippen molar-refractivity contribution >= 4 is 23.2 Å². The van der Waals surface area contributed by atoms with Crippen LogP contribution in [0.15, 0.2) is 48.8 Å². The van der Waals surface area contributed by atoms with Gasteiger partial charge in [-0.05, 0) is 67.6 Å². The number of fused-ring (bicyclic) bond motifs is 1. The Balaban J connectivity index is 1.33. The molecule has 0 unspecified atom stereocenters. The highest BCUT2D eigenvalue weighted by Crippen LogP contribution is 2.37. The fourth-order valence-corrected chi connectivity index (χ4v) is 5.96. The molecule has 0 saturated carbocycles. The first-order valence-electron chi connectivity index (χ1n) is 11.2. The first-order valence-corrected chi connectivity index (χ1v) is 12.0. The van der Waals surface area contributed by atoms with E-state index in [1.807, 2.05) is 34.3 Å². The molecule has 7 heteroatoms. The van der Waals surface area contributed by atoms with Gasteiger partial charge in [-0.3, -0.25) is 9.59 Å². The van der Waals surface area contributed by atoms with Gasteiger partial charge in [-0.1, -0.05) is 0 Å². The molecule has 1 aromatic carbocycles. The highest BCUT2D eigenvalue weighted by molar-refractivity contribution is 7.15. The zero-order valence-corrected chi connectivity index (χ0v) is 19.1. The normalized spacial score (nSPS) is 16.0. The fourth-order valence-electron chi connectivity index (χ4n) is 4.61. The molecule has 0 N–H and O–H groups in total. The largest absolute Gasteiger partial charge is 0.497 e. The molecule has 0 bridgehead atoms. The minimum absolute atomic E-state index is 0.000643. The van der Waals surface area contributed by atoms with Crippen LogP contribution in [-0.2, 0) is 12.8 Å².